The fourth-order valence-corrected chi connectivity index (χ4v) is 3.60. The van der Waals surface area contributed by atoms with Gasteiger partial charge in [0, 0.05) is 21.0 Å². The second kappa shape index (κ2) is 5.86. The molecule has 0 unspecified atom stereocenters. The molecule has 23 heavy (non-hydrogen) atoms. The van der Waals surface area contributed by atoms with Crippen molar-refractivity contribution in [2.45, 2.75) is 12.1 Å². The molecule has 1 N–H and O–H groups in total. The number of rotatable bonds is 2. The van der Waals surface area contributed by atoms with E-state index < -0.39 is 0 Å². The van der Waals surface area contributed by atoms with E-state index in [1.54, 1.807) is 11.8 Å². The van der Waals surface area contributed by atoms with Gasteiger partial charge in [0.2, 0.25) is 5.16 Å². The Morgan fingerprint density at radius 3 is 2.70 bits per heavy atom. The Morgan fingerprint density at radius 2 is 1.87 bits per heavy atom. The molecule has 1 aromatic heterocycles. The van der Waals surface area contributed by atoms with Crippen molar-refractivity contribution in [3.8, 4) is 11.4 Å². The standard InChI is InChI=1S/C17H13BrN4S/c1-11-4-2-6-13(8-11)16-19-20-17-22(16)21-15(10-23-17)12-5-3-7-14(18)9-12/h2-10,21H,1H3. The summed E-state index contributed by atoms with van der Waals surface area (Å²) in [6, 6.07) is 16.5. The van der Waals surface area contributed by atoms with Gasteiger partial charge >= 0.3 is 0 Å². The molecule has 2 aromatic carbocycles. The Balaban J connectivity index is 1.73. The van der Waals surface area contributed by atoms with Gasteiger partial charge in [-0.05, 0) is 25.1 Å². The van der Waals surface area contributed by atoms with E-state index in [2.05, 4.69) is 68.2 Å². The third-order valence-electron chi connectivity index (χ3n) is 3.56. The van der Waals surface area contributed by atoms with Crippen molar-refractivity contribution in [2.24, 2.45) is 0 Å². The summed E-state index contributed by atoms with van der Waals surface area (Å²) in [5, 5.41) is 11.5. The second-order valence-electron chi connectivity index (χ2n) is 5.28. The lowest BCUT2D eigenvalue weighted by molar-refractivity contribution is 0.826. The van der Waals surface area contributed by atoms with Crippen LogP contribution in [-0.2, 0) is 0 Å². The molecule has 3 aromatic rings. The Bertz CT molecular complexity index is 916. The molecule has 4 nitrogen and oxygen atoms in total. The number of nitrogens with one attached hydrogen (secondary N) is 1. The third kappa shape index (κ3) is 2.80. The maximum Gasteiger partial charge on any atom is 0.214 e. The van der Waals surface area contributed by atoms with E-state index in [1.165, 1.54) is 5.56 Å². The monoisotopic (exact) mass is 384 g/mol. The molecule has 0 radical (unpaired) electrons. The highest BCUT2D eigenvalue weighted by molar-refractivity contribution is 9.10. The number of halogens is 1. The topological polar surface area (TPSA) is 42.7 Å². The lowest BCUT2D eigenvalue weighted by atomic mass is 10.1. The number of aryl methyl sites for hydroxylation is 1. The molecular formula is C17H13BrN4S. The van der Waals surface area contributed by atoms with Crippen LogP contribution >= 0.6 is 27.7 Å². The van der Waals surface area contributed by atoms with Gasteiger partial charge in [-0.3, -0.25) is 5.43 Å². The van der Waals surface area contributed by atoms with Crippen molar-refractivity contribution in [3.05, 3.63) is 69.5 Å². The summed E-state index contributed by atoms with van der Waals surface area (Å²) in [7, 11) is 0. The fourth-order valence-electron chi connectivity index (χ4n) is 2.47. The lowest BCUT2D eigenvalue weighted by Crippen LogP contribution is -2.18. The van der Waals surface area contributed by atoms with Crippen molar-refractivity contribution >= 4 is 33.4 Å². The van der Waals surface area contributed by atoms with Crippen LogP contribution in [0.2, 0.25) is 0 Å². The number of nitrogens with zero attached hydrogens (tertiary/aromatic N) is 3. The number of fused-ring (bicyclic) bond motifs is 1. The highest BCUT2D eigenvalue weighted by atomic mass is 79.9. The molecule has 0 saturated carbocycles. The van der Waals surface area contributed by atoms with E-state index in [0.717, 1.165) is 32.3 Å². The smallest absolute Gasteiger partial charge is 0.214 e. The Kier molecular flexibility index (Phi) is 3.71. The molecule has 0 aliphatic carbocycles. The van der Waals surface area contributed by atoms with Gasteiger partial charge < -0.3 is 0 Å². The van der Waals surface area contributed by atoms with Crippen LogP contribution in [0, 0.1) is 6.92 Å². The van der Waals surface area contributed by atoms with Crippen LogP contribution in [0.15, 0.2) is 63.6 Å². The summed E-state index contributed by atoms with van der Waals surface area (Å²) in [5.74, 6) is 0.816. The van der Waals surface area contributed by atoms with Crippen molar-refractivity contribution in [1.29, 1.82) is 0 Å². The Labute approximate surface area is 146 Å². The first-order valence-electron chi connectivity index (χ1n) is 7.13. The summed E-state index contributed by atoms with van der Waals surface area (Å²) in [6.07, 6.45) is 0. The number of benzene rings is 2. The average Bonchev–Trinajstić information content (AvgIpc) is 2.98. The van der Waals surface area contributed by atoms with Gasteiger partial charge in [0.15, 0.2) is 5.82 Å². The maximum atomic E-state index is 4.34. The minimum atomic E-state index is 0.816. The van der Waals surface area contributed by atoms with E-state index in [1.807, 2.05) is 28.9 Å². The van der Waals surface area contributed by atoms with E-state index in [9.17, 15) is 0 Å². The van der Waals surface area contributed by atoms with Crippen LogP contribution < -0.4 is 5.43 Å². The average molecular weight is 385 g/mol. The highest BCUT2D eigenvalue weighted by Gasteiger charge is 2.19. The van der Waals surface area contributed by atoms with Crippen LogP contribution in [-0.4, -0.2) is 14.9 Å². The minimum Gasteiger partial charge on any atom is -0.289 e. The van der Waals surface area contributed by atoms with Crippen LogP contribution in [0.3, 0.4) is 0 Å². The zero-order valence-electron chi connectivity index (χ0n) is 12.3. The van der Waals surface area contributed by atoms with E-state index in [0.29, 0.717) is 0 Å². The molecule has 0 spiro atoms. The SMILES string of the molecule is Cc1cccc(-c2nnc3n2NC(c2cccc(Br)c2)=CS3)c1. The van der Waals surface area contributed by atoms with Crippen LogP contribution in [0.4, 0.5) is 0 Å². The predicted octanol–water partition coefficient (Wildman–Crippen LogP) is 4.66. The normalized spacial score (nSPS) is 13.2. The molecule has 114 valence electrons. The largest absolute Gasteiger partial charge is 0.289 e. The molecule has 0 atom stereocenters. The van der Waals surface area contributed by atoms with Crippen molar-refractivity contribution in [2.75, 3.05) is 5.43 Å². The quantitative estimate of drug-likeness (QED) is 0.697. The van der Waals surface area contributed by atoms with Crippen molar-refractivity contribution in [1.82, 2.24) is 14.9 Å². The Morgan fingerprint density at radius 1 is 1.04 bits per heavy atom. The first kappa shape index (κ1) is 14.5. The van der Waals surface area contributed by atoms with Gasteiger partial charge in [-0.25, -0.2) is 4.68 Å². The molecule has 1 aliphatic rings. The highest BCUT2D eigenvalue weighted by Crippen LogP contribution is 2.32. The van der Waals surface area contributed by atoms with Gasteiger partial charge in [0.1, 0.15) is 0 Å². The van der Waals surface area contributed by atoms with Gasteiger partial charge in [-0.1, -0.05) is 63.6 Å². The molecule has 4 rings (SSSR count). The van der Waals surface area contributed by atoms with E-state index in [4.69, 9.17) is 0 Å². The van der Waals surface area contributed by atoms with Crippen LogP contribution in [0.25, 0.3) is 17.1 Å². The summed E-state index contributed by atoms with van der Waals surface area (Å²) in [4.78, 5) is 0. The number of aromatic nitrogens is 3. The third-order valence-corrected chi connectivity index (χ3v) is 4.88. The minimum absolute atomic E-state index is 0.816. The molecule has 1 aliphatic heterocycles. The Hall–Kier alpha value is -2.05. The van der Waals surface area contributed by atoms with Gasteiger partial charge in [-0.15, -0.1) is 10.2 Å². The first-order valence-corrected chi connectivity index (χ1v) is 8.80. The first-order chi connectivity index (χ1) is 11.2. The lowest BCUT2D eigenvalue weighted by Gasteiger charge is -2.19. The number of thioether (sulfide) groups is 1. The predicted molar refractivity (Wildman–Crippen MR) is 97.5 cm³/mol. The van der Waals surface area contributed by atoms with Crippen molar-refractivity contribution < 1.29 is 0 Å². The molecule has 0 fully saturated rings. The molecule has 0 amide bonds. The zero-order valence-corrected chi connectivity index (χ0v) is 14.7. The fraction of sp³-hybridized carbons (Fsp3) is 0.0588. The summed E-state index contributed by atoms with van der Waals surface area (Å²) in [5.41, 5.74) is 7.80. The number of hydrogen-bond acceptors (Lipinski definition) is 4. The van der Waals surface area contributed by atoms with Gasteiger partial charge in [-0.2, -0.15) is 0 Å². The summed E-state index contributed by atoms with van der Waals surface area (Å²) < 4.78 is 2.99. The van der Waals surface area contributed by atoms with Crippen LogP contribution in [0.1, 0.15) is 11.1 Å². The summed E-state index contributed by atoms with van der Waals surface area (Å²) in [6.45, 7) is 2.08. The van der Waals surface area contributed by atoms with E-state index in [-0.39, 0.29) is 0 Å². The molecule has 0 saturated heterocycles. The molecule has 2 heterocycles. The van der Waals surface area contributed by atoms with Gasteiger partial charge in [0.05, 0.1) is 5.70 Å². The zero-order chi connectivity index (χ0) is 15.8. The van der Waals surface area contributed by atoms with Crippen LogP contribution in [0.5, 0.6) is 0 Å². The molecular weight excluding hydrogens is 372 g/mol. The molecule has 6 heteroatoms. The maximum absolute atomic E-state index is 4.34. The second-order valence-corrected chi connectivity index (χ2v) is 7.03. The van der Waals surface area contributed by atoms with E-state index >= 15 is 0 Å². The van der Waals surface area contributed by atoms with Gasteiger partial charge in [0.25, 0.3) is 0 Å². The summed E-state index contributed by atoms with van der Waals surface area (Å²) >= 11 is 5.09. The number of hydrogen-bond donors (Lipinski definition) is 1. The van der Waals surface area contributed by atoms with Crippen molar-refractivity contribution in [3.63, 3.8) is 0 Å². The molecule has 0 bridgehead atoms.